The molecule has 1 aromatic heterocycles. The van der Waals surface area contributed by atoms with Crippen LogP contribution >= 0.6 is 15.9 Å². The second kappa shape index (κ2) is 4.19. The number of nitrogens with zero attached hydrogens (tertiary/aromatic N) is 2. The molecule has 0 amide bonds. The Kier molecular flexibility index (Phi) is 2.92. The molecule has 1 heterocycles. The van der Waals surface area contributed by atoms with Crippen molar-refractivity contribution in [1.29, 1.82) is 5.26 Å². The number of halogens is 1. The van der Waals surface area contributed by atoms with E-state index >= 15 is 0 Å². The van der Waals surface area contributed by atoms with Gasteiger partial charge < -0.3 is 4.74 Å². The Balaban J connectivity index is 2.44. The molecule has 0 atom stereocenters. The van der Waals surface area contributed by atoms with Gasteiger partial charge in [0.1, 0.15) is 6.07 Å². The van der Waals surface area contributed by atoms with E-state index in [2.05, 4.69) is 27.0 Å². The van der Waals surface area contributed by atoms with E-state index in [1.807, 2.05) is 6.07 Å². The predicted molar refractivity (Wildman–Crippen MR) is 59.8 cm³/mol. The van der Waals surface area contributed by atoms with Crippen molar-refractivity contribution in [2.24, 2.45) is 0 Å². The number of pyridine rings is 1. The predicted octanol–water partition coefficient (Wildman–Crippen LogP) is 2.99. The van der Waals surface area contributed by atoms with Gasteiger partial charge in [-0.3, -0.25) is 0 Å². The third kappa shape index (κ3) is 1.84. The second-order valence-corrected chi connectivity index (χ2v) is 4.45. The molecule has 1 aliphatic rings. The lowest BCUT2D eigenvalue weighted by molar-refractivity contribution is 0.376. The molecule has 0 aromatic carbocycles. The molecule has 1 aromatic rings. The zero-order valence-electron chi connectivity index (χ0n) is 8.46. The van der Waals surface area contributed by atoms with Gasteiger partial charge in [0.15, 0.2) is 0 Å². The van der Waals surface area contributed by atoms with E-state index < -0.39 is 0 Å². The first-order valence-electron chi connectivity index (χ1n) is 4.90. The van der Waals surface area contributed by atoms with Crippen molar-refractivity contribution in [3.63, 3.8) is 0 Å². The molecular formula is C11H11BrN2O. The highest BCUT2D eigenvalue weighted by Gasteiger charge is 2.23. The van der Waals surface area contributed by atoms with Crippen LogP contribution in [-0.2, 0) is 0 Å². The van der Waals surface area contributed by atoms with Gasteiger partial charge in [0.2, 0.25) is 5.88 Å². The van der Waals surface area contributed by atoms with E-state index in [0.29, 0.717) is 21.8 Å². The number of methoxy groups -OCH3 is 1. The fourth-order valence-corrected chi connectivity index (χ4v) is 2.11. The lowest BCUT2D eigenvalue weighted by Gasteiger charge is -2.25. The van der Waals surface area contributed by atoms with Crippen LogP contribution in [0.15, 0.2) is 10.5 Å². The molecule has 0 bridgehead atoms. The molecule has 1 saturated carbocycles. The Bertz CT molecular complexity index is 421. The normalized spacial score (nSPS) is 15.5. The van der Waals surface area contributed by atoms with Crippen LogP contribution in [0.2, 0.25) is 0 Å². The lowest BCUT2D eigenvalue weighted by atomic mass is 9.82. The van der Waals surface area contributed by atoms with Gasteiger partial charge >= 0.3 is 0 Å². The van der Waals surface area contributed by atoms with Crippen LogP contribution in [-0.4, -0.2) is 12.1 Å². The molecule has 0 unspecified atom stereocenters. The van der Waals surface area contributed by atoms with Crippen LogP contribution in [0, 0.1) is 11.3 Å². The third-order valence-corrected chi connectivity index (χ3v) is 3.55. The van der Waals surface area contributed by atoms with Gasteiger partial charge in [0.25, 0.3) is 0 Å². The van der Waals surface area contributed by atoms with Gasteiger partial charge in [-0.05, 0) is 34.8 Å². The Morgan fingerprint density at radius 1 is 1.60 bits per heavy atom. The summed E-state index contributed by atoms with van der Waals surface area (Å²) in [5.74, 6) is 1.02. The summed E-state index contributed by atoms with van der Waals surface area (Å²) in [5, 5.41) is 8.97. The summed E-state index contributed by atoms with van der Waals surface area (Å²) >= 11 is 3.31. The van der Waals surface area contributed by atoms with Crippen LogP contribution in [0.25, 0.3) is 0 Å². The molecular weight excluding hydrogens is 256 g/mol. The second-order valence-electron chi connectivity index (χ2n) is 3.66. The molecule has 78 valence electrons. The number of ether oxygens (including phenoxy) is 1. The van der Waals surface area contributed by atoms with Crippen molar-refractivity contribution >= 4 is 15.9 Å². The Morgan fingerprint density at radius 2 is 2.33 bits per heavy atom. The van der Waals surface area contributed by atoms with Crippen molar-refractivity contribution in [3.05, 3.63) is 21.8 Å². The smallest absolute Gasteiger partial charge is 0.229 e. The summed E-state index contributed by atoms with van der Waals surface area (Å²) in [6.45, 7) is 0. The van der Waals surface area contributed by atoms with Crippen molar-refractivity contribution in [1.82, 2.24) is 4.98 Å². The highest BCUT2D eigenvalue weighted by Crippen LogP contribution is 2.38. The van der Waals surface area contributed by atoms with E-state index in [9.17, 15) is 0 Å². The SMILES string of the molecule is COc1nc(C2CCC2)cc(C#N)c1Br. The Morgan fingerprint density at radius 3 is 2.80 bits per heavy atom. The molecule has 0 N–H and O–H groups in total. The molecule has 0 aliphatic heterocycles. The van der Waals surface area contributed by atoms with Crippen LogP contribution in [0.4, 0.5) is 0 Å². The van der Waals surface area contributed by atoms with Crippen LogP contribution in [0.5, 0.6) is 5.88 Å². The first-order valence-corrected chi connectivity index (χ1v) is 5.70. The summed E-state index contributed by atoms with van der Waals surface area (Å²) in [7, 11) is 1.57. The van der Waals surface area contributed by atoms with E-state index in [1.165, 1.54) is 19.3 Å². The minimum atomic E-state index is 0.510. The summed E-state index contributed by atoms with van der Waals surface area (Å²) < 4.78 is 5.79. The number of nitriles is 1. The highest BCUT2D eigenvalue weighted by atomic mass is 79.9. The molecule has 15 heavy (non-hydrogen) atoms. The standard InChI is InChI=1S/C11H11BrN2O/c1-15-11-10(12)8(6-13)5-9(14-11)7-3-2-4-7/h5,7H,2-4H2,1H3. The van der Waals surface area contributed by atoms with E-state index in [4.69, 9.17) is 10.00 Å². The zero-order chi connectivity index (χ0) is 10.8. The van der Waals surface area contributed by atoms with Crippen LogP contribution in [0.1, 0.15) is 36.4 Å². The van der Waals surface area contributed by atoms with Crippen LogP contribution in [0.3, 0.4) is 0 Å². The molecule has 1 aliphatic carbocycles. The maximum Gasteiger partial charge on any atom is 0.229 e. The number of hydrogen-bond acceptors (Lipinski definition) is 3. The maximum absolute atomic E-state index is 8.97. The fraction of sp³-hybridized carbons (Fsp3) is 0.455. The van der Waals surface area contributed by atoms with E-state index in [-0.39, 0.29) is 0 Å². The summed E-state index contributed by atoms with van der Waals surface area (Å²) in [6.07, 6.45) is 3.60. The van der Waals surface area contributed by atoms with Gasteiger partial charge in [0, 0.05) is 11.6 Å². The molecule has 0 spiro atoms. The minimum Gasteiger partial charge on any atom is -0.480 e. The first-order chi connectivity index (χ1) is 7.26. The first kappa shape index (κ1) is 10.4. The number of hydrogen-bond donors (Lipinski definition) is 0. The molecule has 0 radical (unpaired) electrons. The average molecular weight is 267 g/mol. The summed E-state index contributed by atoms with van der Waals surface area (Å²) in [4.78, 5) is 4.40. The Hall–Kier alpha value is -1.08. The zero-order valence-corrected chi connectivity index (χ0v) is 10.0. The van der Waals surface area contributed by atoms with Gasteiger partial charge in [-0.1, -0.05) is 6.42 Å². The topological polar surface area (TPSA) is 45.9 Å². The van der Waals surface area contributed by atoms with Gasteiger partial charge in [-0.15, -0.1) is 0 Å². The van der Waals surface area contributed by atoms with Crippen molar-refractivity contribution in [2.75, 3.05) is 7.11 Å². The summed E-state index contributed by atoms with van der Waals surface area (Å²) in [5.41, 5.74) is 1.58. The Labute approximate surface area is 97.2 Å². The third-order valence-electron chi connectivity index (χ3n) is 2.78. The lowest BCUT2D eigenvalue weighted by Crippen LogP contribution is -2.11. The highest BCUT2D eigenvalue weighted by molar-refractivity contribution is 9.10. The van der Waals surface area contributed by atoms with Gasteiger partial charge in [0.05, 0.1) is 17.1 Å². The van der Waals surface area contributed by atoms with Gasteiger partial charge in [-0.25, -0.2) is 4.98 Å². The largest absolute Gasteiger partial charge is 0.480 e. The maximum atomic E-state index is 8.97. The summed E-state index contributed by atoms with van der Waals surface area (Å²) in [6, 6.07) is 4.00. The number of rotatable bonds is 2. The van der Waals surface area contributed by atoms with E-state index in [1.54, 1.807) is 7.11 Å². The van der Waals surface area contributed by atoms with Crippen molar-refractivity contribution in [2.45, 2.75) is 25.2 Å². The van der Waals surface area contributed by atoms with Gasteiger partial charge in [-0.2, -0.15) is 5.26 Å². The molecule has 4 heteroatoms. The molecule has 3 nitrogen and oxygen atoms in total. The minimum absolute atomic E-state index is 0.510. The van der Waals surface area contributed by atoms with E-state index in [0.717, 1.165) is 5.69 Å². The molecule has 0 saturated heterocycles. The number of aromatic nitrogens is 1. The average Bonchev–Trinajstić information content (AvgIpc) is 2.17. The quantitative estimate of drug-likeness (QED) is 0.827. The van der Waals surface area contributed by atoms with Crippen molar-refractivity contribution in [3.8, 4) is 11.9 Å². The van der Waals surface area contributed by atoms with Crippen LogP contribution < -0.4 is 4.74 Å². The molecule has 2 rings (SSSR count). The monoisotopic (exact) mass is 266 g/mol. The fourth-order valence-electron chi connectivity index (χ4n) is 1.65. The molecule has 1 fully saturated rings. The van der Waals surface area contributed by atoms with Crippen molar-refractivity contribution < 1.29 is 4.74 Å².